The van der Waals surface area contributed by atoms with Gasteiger partial charge in [0, 0.05) is 36.5 Å². The molecule has 0 saturated carbocycles. The molecule has 1 aromatic rings. The summed E-state index contributed by atoms with van der Waals surface area (Å²) in [5.74, 6) is -1.30. The van der Waals surface area contributed by atoms with Gasteiger partial charge in [-0.15, -0.1) is 11.8 Å². The molecule has 0 bridgehead atoms. The van der Waals surface area contributed by atoms with E-state index in [0.717, 1.165) is 40.3 Å². The first-order valence-corrected chi connectivity index (χ1v) is 13.1. The monoisotopic (exact) mass is 509 g/mol. The van der Waals surface area contributed by atoms with Crippen LogP contribution in [0.15, 0.2) is 64.2 Å². The lowest BCUT2D eigenvalue weighted by atomic mass is 9.99. The zero-order valence-electron chi connectivity index (χ0n) is 20.8. The molecule has 0 unspecified atom stereocenters. The highest BCUT2D eigenvalue weighted by Crippen LogP contribution is 2.25. The Kier molecular flexibility index (Phi) is 14.1. The van der Waals surface area contributed by atoms with Crippen molar-refractivity contribution >= 4 is 34.9 Å². The van der Waals surface area contributed by atoms with Crippen LogP contribution in [0.25, 0.3) is 0 Å². The maximum Gasteiger partial charge on any atom is 0.249 e. The molecule has 0 atom stereocenters. The molecule has 0 aliphatic rings. The third-order valence-electron chi connectivity index (χ3n) is 5.32. The van der Waals surface area contributed by atoms with E-state index in [2.05, 4.69) is 23.8 Å². The summed E-state index contributed by atoms with van der Waals surface area (Å²) in [5, 5.41) is 13.4. The molecule has 188 valence electrons. The van der Waals surface area contributed by atoms with Crippen molar-refractivity contribution in [2.45, 2.75) is 72.1 Å². The summed E-state index contributed by atoms with van der Waals surface area (Å²) in [7, 11) is 0. The maximum atomic E-state index is 14.1. The van der Waals surface area contributed by atoms with Crippen LogP contribution < -0.4 is 5.32 Å². The standard InChI is InChI=1S/C27H38ClF2N3S/c1-6-9-18-34-25(12-7-2)33-26(32-17-16-27(29,30)15-8-3)21(5)20(4)24(31)19-22-13-10-11-14-23(22)28/h7,10-14,31H,2,6,8-9,15-19H2,1,3-5H3,(H,32,33)/b21-20+,25-12-,31-24?. The van der Waals surface area contributed by atoms with Crippen molar-refractivity contribution in [1.82, 2.24) is 5.32 Å². The molecule has 3 nitrogen and oxygen atoms in total. The van der Waals surface area contributed by atoms with Gasteiger partial charge in [0.2, 0.25) is 5.92 Å². The Hall–Kier alpha value is -1.92. The summed E-state index contributed by atoms with van der Waals surface area (Å²) in [6.07, 6.45) is 6.06. The van der Waals surface area contributed by atoms with Crippen molar-refractivity contribution in [3.05, 3.63) is 69.8 Å². The number of halogens is 3. The van der Waals surface area contributed by atoms with Gasteiger partial charge in [-0.1, -0.05) is 69.1 Å². The minimum Gasteiger partial charge on any atom is -0.335 e. The number of nitrogens with one attached hydrogen (secondary N) is 2. The van der Waals surface area contributed by atoms with Crippen molar-refractivity contribution in [3.63, 3.8) is 0 Å². The Morgan fingerprint density at radius 3 is 2.50 bits per heavy atom. The van der Waals surface area contributed by atoms with Crippen LogP contribution in [-0.4, -0.2) is 29.8 Å². The molecule has 0 aliphatic heterocycles. The Labute approximate surface area is 213 Å². The molecule has 0 fully saturated rings. The molecule has 0 aliphatic carbocycles. The van der Waals surface area contributed by atoms with Crippen molar-refractivity contribution in [2.24, 2.45) is 4.99 Å². The van der Waals surface area contributed by atoms with E-state index in [1.807, 2.05) is 38.1 Å². The second kappa shape index (κ2) is 15.9. The number of hydrogen-bond acceptors (Lipinski definition) is 3. The van der Waals surface area contributed by atoms with E-state index in [9.17, 15) is 8.78 Å². The number of nitrogens with zero attached hydrogens (tertiary/aromatic N) is 1. The minimum atomic E-state index is -2.73. The van der Waals surface area contributed by atoms with E-state index in [-0.39, 0.29) is 19.4 Å². The fourth-order valence-corrected chi connectivity index (χ4v) is 4.34. The minimum absolute atomic E-state index is 0.00119. The Balaban J connectivity index is 3.20. The highest BCUT2D eigenvalue weighted by atomic mass is 35.5. The summed E-state index contributed by atoms with van der Waals surface area (Å²) in [6, 6.07) is 7.46. The lowest BCUT2D eigenvalue weighted by molar-refractivity contribution is -0.0140. The number of rotatable bonds is 15. The summed E-state index contributed by atoms with van der Waals surface area (Å²) in [5.41, 5.74) is 2.77. The summed E-state index contributed by atoms with van der Waals surface area (Å²) in [4.78, 5) is 4.53. The molecule has 0 saturated heterocycles. The first kappa shape index (κ1) is 30.1. The molecule has 0 spiro atoms. The van der Waals surface area contributed by atoms with Gasteiger partial charge in [0.1, 0.15) is 5.84 Å². The van der Waals surface area contributed by atoms with E-state index in [0.29, 0.717) is 29.4 Å². The van der Waals surface area contributed by atoms with Crippen LogP contribution in [0.4, 0.5) is 8.78 Å². The summed E-state index contributed by atoms with van der Waals surface area (Å²) < 4.78 is 28.1. The molecule has 34 heavy (non-hydrogen) atoms. The quantitative estimate of drug-likeness (QED) is 0.107. The maximum absolute atomic E-state index is 14.1. The molecule has 2 N–H and O–H groups in total. The Morgan fingerprint density at radius 2 is 1.88 bits per heavy atom. The zero-order chi connectivity index (χ0) is 25.6. The second-order valence-electron chi connectivity index (χ2n) is 8.18. The predicted molar refractivity (Wildman–Crippen MR) is 147 cm³/mol. The SMILES string of the molecule is C=C/C=C(/NC(=NCCC(F)(F)CCC)/C(C)=C(\C)C(=N)Cc1ccccc1Cl)SCCCC. The van der Waals surface area contributed by atoms with E-state index >= 15 is 0 Å². The van der Waals surface area contributed by atoms with Crippen molar-refractivity contribution < 1.29 is 8.78 Å². The van der Waals surface area contributed by atoms with Gasteiger partial charge < -0.3 is 10.7 Å². The molecule has 1 rings (SSSR count). The summed E-state index contributed by atoms with van der Waals surface area (Å²) >= 11 is 7.92. The second-order valence-corrected chi connectivity index (χ2v) is 9.72. The van der Waals surface area contributed by atoms with Crippen molar-refractivity contribution in [3.8, 4) is 0 Å². The third-order valence-corrected chi connectivity index (χ3v) is 6.74. The number of benzene rings is 1. The molecule has 0 amide bonds. The van der Waals surface area contributed by atoms with E-state index in [1.54, 1.807) is 30.8 Å². The first-order chi connectivity index (χ1) is 16.1. The largest absolute Gasteiger partial charge is 0.335 e. The van der Waals surface area contributed by atoms with Gasteiger partial charge in [-0.05, 0) is 54.9 Å². The molecule has 0 aromatic heterocycles. The van der Waals surface area contributed by atoms with Gasteiger partial charge in [0.15, 0.2) is 0 Å². The normalized spacial score (nSPS) is 13.5. The van der Waals surface area contributed by atoms with Crippen LogP contribution in [0.1, 0.15) is 65.4 Å². The van der Waals surface area contributed by atoms with Crippen LogP contribution in [0.3, 0.4) is 0 Å². The molecule has 0 heterocycles. The molecular formula is C27H38ClF2N3S. The summed E-state index contributed by atoms with van der Waals surface area (Å²) in [6.45, 7) is 11.4. The topological polar surface area (TPSA) is 48.2 Å². The van der Waals surface area contributed by atoms with Gasteiger partial charge in [-0.3, -0.25) is 4.99 Å². The van der Waals surface area contributed by atoms with Crippen LogP contribution >= 0.6 is 23.4 Å². The van der Waals surface area contributed by atoms with Gasteiger partial charge in [-0.2, -0.15) is 0 Å². The van der Waals surface area contributed by atoms with E-state index in [1.165, 1.54) is 0 Å². The van der Waals surface area contributed by atoms with E-state index in [4.69, 9.17) is 17.0 Å². The van der Waals surface area contributed by atoms with E-state index < -0.39 is 5.92 Å². The van der Waals surface area contributed by atoms with Gasteiger partial charge in [0.05, 0.1) is 5.03 Å². The highest BCUT2D eigenvalue weighted by molar-refractivity contribution is 8.03. The van der Waals surface area contributed by atoms with Crippen molar-refractivity contribution in [2.75, 3.05) is 12.3 Å². The molecule has 1 aromatic carbocycles. The number of alkyl halides is 2. The first-order valence-electron chi connectivity index (χ1n) is 11.8. The number of allylic oxidation sites excluding steroid dienone is 3. The average Bonchev–Trinajstić information content (AvgIpc) is 2.79. The number of thioether (sulfide) groups is 1. The smallest absolute Gasteiger partial charge is 0.249 e. The highest BCUT2D eigenvalue weighted by Gasteiger charge is 2.26. The number of amidine groups is 1. The Bertz CT molecular complexity index is 907. The van der Waals surface area contributed by atoms with Crippen LogP contribution in [0, 0.1) is 5.41 Å². The van der Waals surface area contributed by atoms with Crippen LogP contribution in [-0.2, 0) is 6.42 Å². The fourth-order valence-electron chi connectivity index (χ4n) is 3.12. The lowest BCUT2D eigenvalue weighted by Gasteiger charge is -2.18. The Morgan fingerprint density at radius 1 is 1.18 bits per heavy atom. The fraction of sp³-hybridized carbons (Fsp3) is 0.481. The number of hydrogen-bond donors (Lipinski definition) is 2. The zero-order valence-corrected chi connectivity index (χ0v) is 22.4. The number of unbranched alkanes of at least 4 members (excludes halogenated alkanes) is 1. The van der Waals surface area contributed by atoms with Gasteiger partial charge in [0.25, 0.3) is 0 Å². The van der Waals surface area contributed by atoms with Gasteiger partial charge >= 0.3 is 0 Å². The van der Waals surface area contributed by atoms with Crippen LogP contribution in [0.2, 0.25) is 5.02 Å². The lowest BCUT2D eigenvalue weighted by Crippen LogP contribution is -2.26. The molecular weight excluding hydrogens is 472 g/mol. The molecule has 7 heteroatoms. The van der Waals surface area contributed by atoms with Crippen molar-refractivity contribution in [1.29, 1.82) is 5.41 Å². The average molecular weight is 510 g/mol. The number of aliphatic imine (C=N–C) groups is 1. The van der Waals surface area contributed by atoms with Gasteiger partial charge in [-0.25, -0.2) is 8.78 Å². The third kappa shape index (κ3) is 11.0. The van der Waals surface area contributed by atoms with Crippen LogP contribution in [0.5, 0.6) is 0 Å². The molecule has 0 radical (unpaired) electrons. The predicted octanol–water partition coefficient (Wildman–Crippen LogP) is 8.61.